The number of benzene rings is 2. The number of rotatable bonds is 17. The second-order valence-electron chi connectivity index (χ2n) is 14.0. The van der Waals surface area contributed by atoms with E-state index in [4.69, 9.17) is 21.1 Å². The first-order chi connectivity index (χ1) is 29.4. The van der Waals surface area contributed by atoms with E-state index < -0.39 is 41.1 Å². The number of ether oxygens (including phenoxy) is 3. The fraction of sp³-hybridized carbons (Fsp3) is 0.350. The molecule has 4 aromatic rings. The van der Waals surface area contributed by atoms with Crippen LogP contribution < -0.4 is 25.6 Å². The zero-order valence-electron chi connectivity index (χ0n) is 32.5. The number of amides is 6. The molecule has 2 saturated heterocycles. The normalized spacial score (nSPS) is 16.7. The van der Waals surface area contributed by atoms with Crippen molar-refractivity contribution in [3.05, 3.63) is 83.7 Å². The Morgan fingerprint density at radius 1 is 0.918 bits per heavy atom. The number of halogens is 3. The van der Waals surface area contributed by atoms with Crippen LogP contribution in [0.1, 0.15) is 50.3 Å². The number of piperazine rings is 1. The van der Waals surface area contributed by atoms with E-state index in [1.54, 1.807) is 35.4 Å². The Morgan fingerprint density at radius 3 is 2.38 bits per heavy atom. The number of carbonyl (C=O) groups is 6. The Morgan fingerprint density at radius 2 is 1.67 bits per heavy atom. The molecule has 1 atom stereocenters. The maximum atomic E-state index is 13.3. The summed E-state index contributed by atoms with van der Waals surface area (Å²) in [6.07, 6.45) is 3.30. The van der Waals surface area contributed by atoms with Gasteiger partial charge in [0.05, 0.1) is 55.2 Å². The molecule has 0 radical (unpaired) electrons. The molecule has 6 amide bonds. The molecule has 0 bridgehead atoms. The Bertz CT molecular complexity index is 2290. The van der Waals surface area contributed by atoms with Crippen LogP contribution in [0.2, 0.25) is 0 Å². The Balaban J connectivity index is 0.814. The minimum atomic E-state index is -3.86. The summed E-state index contributed by atoms with van der Waals surface area (Å²) in [5.41, 5.74) is -1.26. The van der Waals surface area contributed by atoms with Crippen molar-refractivity contribution in [2.75, 3.05) is 74.7 Å². The SMILES string of the molecule is O=C1CCC(N2C(=O)c3cccc(NCCOCCOCCC(=O)N4CCN(c5ncc(C(=O)Nc6ccc(OC(F)(F)Cl)cc6)cc5-c5ccn[nH]5)CC4)c3C2=O)C(=O)N1. The summed E-state index contributed by atoms with van der Waals surface area (Å²) < 4.78 is 41.5. The van der Waals surface area contributed by atoms with Gasteiger partial charge in [0, 0.05) is 80.1 Å². The van der Waals surface area contributed by atoms with Gasteiger partial charge in [-0.15, -0.1) is 8.78 Å². The molecule has 0 saturated carbocycles. The lowest BCUT2D eigenvalue weighted by molar-refractivity contribution is -0.136. The van der Waals surface area contributed by atoms with Crippen molar-refractivity contribution < 1.29 is 51.8 Å². The Labute approximate surface area is 351 Å². The molecule has 2 aromatic heterocycles. The van der Waals surface area contributed by atoms with Gasteiger partial charge in [-0.1, -0.05) is 6.07 Å². The first-order valence-corrected chi connectivity index (χ1v) is 19.7. The third-order valence-electron chi connectivity index (χ3n) is 10.1. The smallest absolute Gasteiger partial charge is 0.420 e. The zero-order chi connectivity index (χ0) is 43.1. The van der Waals surface area contributed by atoms with Crippen molar-refractivity contribution in [2.24, 2.45) is 0 Å². The second-order valence-corrected chi connectivity index (χ2v) is 14.5. The molecule has 7 rings (SSSR count). The molecule has 320 valence electrons. The van der Waals surface area contributed by atoms with Crippen molar-refractivity contribution in [1.82, 2.24) is 30.3 Å². The van der Waals surface area contributed by atoms with Crippen LogP contribution in [0.4, 0.5) is 26.0 Å². The van der Waals surface area contributed by atoms with Crippen LogP contribution in [0, 0.1) is 0 Å². The highest BCUT2D eigenvalue weighted by atomic mass is 35.5. The maximum Gasteiger partial charge on any atom is 0.487 e. The number of imide groups is 2. The molecule has 3 aliphatic heterocycles. The largest absolute Gasteiger partial charge is 0.487 e. The van der Waals surface area contributed by atoms with Crippen LogP contribution in [0.15, 0.2) is 67.0 Å². The van der Waals surface area contributed by atoms with Gasteiger partial charge in [-0.2, -0.15) is 5.10 Å². The molecular weight excluding hydrogens is 824 g/mol. The first-order valence-electron chi connectivity index (χ1n) is 19.3. The van der Waals surface area contributed by atoms with Gasteiger partial charge in [-0.3, -0.25) is 44.1 Å². The number of pyridine rings is 1. The number of hydrogen-bond donors (Lipinski definition) is 4. The van der Waals surface area contributed by atoms with Gasteiger partial charge < -0.3 is 34.6 Å². The average Bonchev–Trinajstić information content (AvgIpc) is 3.87. The van der Waals surface area contributed by atoms with E-state index in [1.165, 1.54) is 36.5 Å². The quantitative estimate of drug-likeness (QED) is 0.0680. The summed E-state index contributed by atoms with van der Waals surface area (Å²) in [7, 11) is 0. The number of anilines is 3. The molecule has 3 aliphatic rings. The number of nitrogens with zero attached hydrogens (tertiary/aromatic N) is 5. The minimum Gasteiger partial charge on any atom is -0.420 e. The van der Waals surface area contributed by atoms with Crippen LogP contribution in [0.5, 0.6) is 5.75 Å². The van der Waals surface area contributed by atoms with Crippen LogP contribution in [-0.2, 0) is 23.9 Å². The number of H-pyrrole nitrogens is 1. The summed E-state index contributed by atoms with van der Waals surface area (Å²) in [5.74, 6) is -2.42. The molecule has 61 heavy (non-hydrogen) atoms. The van der Waals surface area contributed by atoms with Gasteiger partial charge in [0.15, 0.2) is 0 Å². The molecule has 2 aromatic carbocycles. The molecule has 0 aliphatic carbocycles. The lowest BCUT2D eigenvalue weighted by atomic mass is 10.0. The van der Waals surface area contributed by atoms with Crippen LogP contribution in [0.3, 0.4) is 0 Å². The van der Waals surface area contributed by atoms with Gasteiger partial charge in [-0.05, 0) is 55.0 Å². The fourth-order valence-electron chi connectivity index (χ4n) is 7.11. The van der Waals surface area contributed by atoms with E-state index >= 15 is 0 Å². The Hall–Kier alpha value is -6.51. The molecule has 21 heteroatoms. The molecule has 4 N–H and O–H groups in total. The lowest BCUT2D eigenvalue weighted by Gasteiger charge is -2.36. The van der Waals surface area contributed by atoms with Crippen molar-refractivity contribution in [3.8, 4) is 17.0 Å². The molecule has 5 heterocycles. The van der Waals surface area contributed by atoms with Gasteiger partial charge in [-0.25, -0.2) is 4.98 Å². The van der Waals surface area contributed by atoms with E-state index in [0.29, 0.717) is 61.2 Å². The third kappa shape index (κ3) is 10.3. The van der Waals surface area contributed by atoms with Crippen LogP contribution >= 0.6 is 11.6 Å². The van der Waals surface area contributed by atoms with Crippen LogP contribution in [-0.4, -0.2) is 131 Å². The number of carbonyl (C=O) groups excluding carboxylic acids is 6. The number of nitrogens with one attached hydrogen (secondary N) is 4. The number of hydrogen-bond acceptors (Lipinski definition) is 13. The van der Waals surface area contributed by atoms with Crippen molar-refractivity contribution >= 4 is 64.2 Å². The molecule has 1 unspecified atom stereocenters. The number of aromatic nitrogens is 3. The number of aromatic amines is 1. The van der Waals surface area contributed by atoms with Crippen molar-refractivity contribution in [2.45, 2.75) is 30.9 Å². The number of piperidine rings is 1. The van der Waals surface area contributed by atoms with E-state index in [-0.39, 0.29) is 74.0 Å². The second kappa shape index (κ2) is 18.8. The predicted octanol–water partition coefficient (Wildman–Crippen LogP) is 3.48. The van der Waals surface area contributed by atoms with E-state index in [0.717, 1.165) is 4.90 Å². The van der Waals surface area contributed by atoms with E-state index in [1.807, 2.05) is 4.90 Å². The van der Waals surface area contributed by atoms with Crippen molar-refractivity contribution in [3.63, 3.8) is 0 Å². The first kappa shape index (κ1) is 42.6. The highest BCUT2D eigenvalue weighted by Crippen LogP contribution is 2.33. The number of fused-ring (bicyclic) bond motifs is 1. The van der Waals surface area contributed by atoms with E-state index in [9.17, 15) is 37.5 Å². The summed E-state index contributed by atoms with van der Waals surface area (Å²) >= 11 is 4.82. The van der Waals surface area contributed by atoms with Crippen molar-refractivity contribution in [1.29, 1.82) is 0 Å². The molecule has 2 fully saturated rings. The standard InChI is InChI=1S/C40H40ClF2N9O9/c41-40(42,43)61-26-6-4-25(5-7-26)47-36(55)24-22-28(29-10-12-46-49-29)35(45-23-24)51-16-14-50(15-17-51)33(54)11-18-59-20-21-60-19-13-44-30-3-1-2-27-34(30)39(58)52(38(27)57)31-8-9-32(53)48-37(31)56/h1-7,10,12,22-23,31,44H,8-9,11,13-21H2,(H,46,49)(H,47,55)(H,48,53,56). The Kier molecular flexibility index (Phi) is 13.1. The molecular formula is C40H40ClF2N9O9. The van der Waals surface area contributed by atoms with Crippen LogP contribution in [0.25, 0.3) is 11.3 Å². The highest BCUT2D eigenvalue weighted by molar-refractivity contribution is 6.25. The summed E-state index contributed by atoms with van der Waals surface area (Å²) in [5, 5.41) is 15.0. The lowest BCUT2D eigenvalue weighted by Crippen LogP contribution is -2.54. The zero-order valence-corrected chi connectivity index (χ0v) is 33.2. The summed E-state index contributed by atoms with van der Waals surface area (Å²) in [6, 6.07) is 12.5. The maximum absolute atomic E-state index is 13.3. The minimum absolute atomic E-state index is 0.0348. The third-order valence-corrected chi connectivity index (χ3v) is 10.1. The molecule has 18 nitrogen and oxygen atoms in total. The summed E-state index contributed by atoms with van der Waals surface area (Å²) in [4.78, 5) is 85.7. The topological polar surface area (TPSA) is 217 Å². The van der Waals surface area contributed by atoms with Gasteiger partial charge in [0.25, 0.3) is 17.7 Å². The monoisotopic (exact) mass is 863 g/mol. The fourth-order valence-corrected chi connectivity index (χ4v) is 7.20. The van der Waals surface area contributed by atoms with Gasteiger partial charge in [0.2, 0.25) is 17.7 Å². The molecule has 0 spiro atoms. The average molecular weight is 864 g/mol. The van der Waals surface area contributed by atoms with E-state index in [2.05, 4.69) is 35.9 Å². The highest BCUT2D eigenvalue weighted by Gasteiger charge is 2.45. The van der Waals surface area contributed by atoms with Gasteiger partial charge in [0.1, 0.15) is 17.6 Å². The number of alkyl halides is 3. The predicted molar refractivity (Wildman–Crippen MR) is 214 cm³/mol. The van der Waals surface area contributed by atoms with Gasteiger partial charge >= 0.3 is 5.57 Å². The summed E-state index contributed by atoms with van der Waals surface area (Å²) in [6.45, 7) is 3.14.